The molecule has 0 aromatic heterocycles. The molecule has 0 rings (SSSR count). The van der Waals surface area contributed by atoms with Gasteiger partial charge in [0.1, 0.15) is 13.2 Å². The number of carbonyl (C=O) groups excluding carboxylic acids is 3. The van der Waals surface area contributed by atoms with E-state index in [0.717, 1.165) is 70.6 Å². The number of allylic oxidation sites excluding steroid dienone is 4. The normalized spacial score (nSPS) is 12.1. The van der Waals surface area contributed by atoms with Gasteiger partial charge < -0.3 is 14.2 Å². The predicted octanol–water partition coefficient (Wildman–Crippen LogP) is 17.9. The van der Waals surface area contributed by atoms with Crippen molar-refractivity contribution < 1.29 is 28.6 Å². The molecule has 62 heavy (non-hydrogen) atoms. The molecule has 6 heteroatoms. The summed E-state index contributed by atoms with van der Waals surface area (Å²) in [6.07, 6.45) is 58.8. The predicted molar refractivity (Wildman–Crippen MR) is 266 cm³/mol. The van der Waals surface area contributed by atoms with Crippen LogP contribution in [-0.4, -0.2) is 37.2 Å². The Bertz CT molecular complexity index is 1000. The summed E-state index contributed by atoms with van der Waals surface area (Å²) in [7, 11) is 0. The highest BCUT2D eigenvalue weighted by atomic mass is 16.6. The lowest BCUT2D eigenvalue weighted by Gasteiger charge is -2.18. The second-order valence-corrected chi connectivity index (χ2v) is 18.5. The molecule has 0 aliphatic heterocycles. The Labute approximate surface area is 385 Å². The molecular formula is C56H104O6. The molecular weight excluding hydrogens is 769 g/mol. The maximum absolute atomic E-state index is 12.8. The van der Waals surface area contributed by atoms with Crippen LogP contribution in [0.15, 0.2) is 24.3 Å². The van der Waals surface area contributed by atoms with Gasteiger partial charge in [0, 0.05) is 19.3 Å². The Hall–Kier alpha value is -2.11. The van der Waals surface area contributed by atoms with E-state index in [2.05, 4.69) is 45.1 Å². The van der Waals surface area contributed by atoms with Gasteiger partial charge in [0.05, 0.1) is 0 Å². The quantitative estimate of drug-likeness (QED) is 0.0262. The largest absolute Gasteiger partial charge is 0.462 e. The maximum atomic E-state index is 12.8. The summed E-state index contributed by atoms with van der Waals surface area (Å²) < 4.78 is 16.8. The average Bonchev–Trinajstić information content (AvgIpc) is 3.27. The Morgan fingerprint density at radius 3 is 0.871 bits per heavy atom. The number of hydrogen-bond acceptors (Lipinski definition) is 6. The third-order valence-electron chi connectivity index (χ3n) is 12.2. The molecule has 0 aromatic rings. The minimum absolute atomic E-state index is 0.0724. The van der Waals surface area contributed by atoms with E-state index in [1.165, 1.54) is 186 Å². The Balaban J connectivity index is 4.29. The van der Waals surface area contributed by atoms with E-state index in [0.29, 0.717) is 19.3 Å². The zero-order chi connectivity index (χ0) is 45.1. The number of carbonyl (C=O) groups is 3. The minimum Gasteiger partial charge on any atom is -0.462 e. The van der Waals surface area contributed by atoms with E-state index in [-0.39, 0.29) is 31.1 Å². The first-order valence-electron chi connectivity index (χ1n) is 27.3. The molecule has 6 nitrogen and oxygen atoms in total. The highest BCUT2D eigenvalue weighted by molar-refractivity contribution is 5.71. The van der Waals surface area contributed by atoms with Crippen molar-refractivity contribution in [1.82, 2.24) is 0 Å². The summed E-state index contributed by atoms with van der Waals surface area (Å²) in [4.78, 5) is 38.0. The first kappa shape index (κ1) is 59.9. The number of rotatable bonds is 50. The number of hydrogen-bond donors (Lipinski definition) is 0. The number of ether oxygens (including phenoxy) is 3. The monoisotopic (exact) mass is 873 g/mol. The van der Waals surface area contributed by atoms with Crippen molar-refractivity contribution in [3.8, 4) is 0 Å². The summed E-state index contributed by atoms with van der Waals surface area (Å²) in [5.74, 6) is -0.871. The highest BCUT2D eigenvalue weighted by Gasteiger charge is 2.19. The molecule has 1 atom stereocenters. The Kier molecular flexibility index (Phi) is 49.8. The third kappa shape index (κ3) is 48.9. The Morgan fingerprint density at radius 2 is 0.565 bits per heavy atom. The molecule has 0 amide bonds. The Morgan fingerprint density at radius 1 is 0.306 bits per heavy atom. The fourth-order valence-corrected chi connectivity index (χ4v) is 8.03. The molecule has 0 saturated carbocycles. The molecule has 0 spiro atoms. The summed E-state index contributed by atoms with van der Waals surface area (Å²) in [5.41, 5.74) is 0. The van der Waals surface area contributed by atoms with Crippen molar-refractivity contribution in [2.45, 2.75) is 303 Å². The van der Waals surface area contributed by atoms with Gasteiger partial charge in [0.25, 0.3) is 0 Å². The van der Waals surface area contributed by atoms with Crippen LogP contribution in [0.3, 0.4) is 0 Å². The van der Waals surface area contributed by atoms with E-state index >= 15 is 0 Å². The van der Waals surface area contributed by atoms with Crippen LogP contribution < -0.4 is 0 Å². The number of esters is 3. The first-order valence-corrected chi connectivity index (χ1v) is 27.3. The van der Waals surface area contributed by atoms with Gasteiger partial charge in [-0.15, -0.1) is 0 Å². The molecule has 0 fully saturated rings. The van der Waals surface area contributed by atoms with Crippen LogP contribution in [0.25, 0.3) is 0 Å². The van der Waals surface area contributed by atoms with Gasteiger partial charge in [0.15, 0.2) is 6.10 Å². The van der Waals surface area contributed by atoms with E-state index in [4.69, 9.17) is 14.2 Å². The van der Waals surface area contributed by atoms with Gasteiger partial charge in [-0.3, -0.25) is 14.4 Å². The molecule has 1 unspecified atom stereocenters. The van der Waals surface area contributed by atoms with Gasteiger partial charge in [-0.2, -0.15) is 0 Å². The fraction of sp³-hybridized carbons (Fsp3) is 0.875. The van der Waals surface area contributed by atoms with Gasteiger partial charge in [-0.25, -0.2) is 0 Å². The van der Waals surface area contributed by atoms with Crippen LogP contribution >= 0.6 is 0 Å². The molecule has 0 radical (unpaired) electrons. The van der Waals surface area contributed by atoms with Crippen LogP contribution in [0.1, 0.15) is 297 Å². The number of unbranched alkanes of at least 4 members (excludes halogenated alkanes) is 35. The van der Waals surface area contributed by atoms with Crippen LogP contribution in [0.5, 0.6) is 0 Å². The minimum atomic E-state index is -0.771. The van der Waals surface area contributed by atoms with Crippen molar-refractivity contribution >= 4 is 17.9 Å². The molecule has 0 aromatic carbocycles. The molecule has 0 aliphatic carbocycles. The average molecular weight is 873 g/mol. The second-order valence-electron chi connectivity index (χ2n) is 18.5. The summed E-state index contributed by atoms with van der Waals surface area (Å²) in [6.45, 7) is 6.60. The highest BCUT2D eigenvalue weighted by Crippen LogP contribution is 2.16. The third-order valence-corrected chi connectivity index (χ3v) is 12.2. The van der Waals surface area contributed by atoms with Crippen LogP contribution in [0, 0.1) is 0 Å². The molecule has 0 heterocycles. The summed E-state index contributed by atoms with van der Waals surface area (Å²) >= 11 is 0. The molecule has 0 saturated heterocycles. The smallest absolute Gasteiger partial charge is 0.306 e. The van der Waals surface area contributed by atoms with E-state index in [1.807, 2.05) is 0 Å². The van der Waals surface area contributed by atoms with Gasteiger partial charge in [0.2, 0.25) is 0 Å². The van der Waals surface area contributed by atoms with E-state index in [9.17, 15) is 14.4 Å². The van der Waals surface area contributed by atoms with E-state index in [1.54, 1.807) is 0 Å². The van der Waals surface area contributed by atoms with Crippen molar-refractivity contribution in [2.75, 3.05) is 13.2 Å². The molecule has 0 aliphatic rings. The van der Waals surface area contributed by atoms with Crippen molar-refractivity contribution in [3.05, 3.63) is 24.3 Å². The summed E-state index contributed by atoms with van der Waals surface area (Å²) in [6, 6.07) is 0. The molecule has 364 valence electrons. The van der Waals surface area contributed by atoms with Crippen molar-refractivity contribution in [2.24, 2.45) is 0 Å². The van der Waals surface area contributed by atoms with Crippen molar-refractivity contribution in [1.29, 1.82) is 0 Å². The van der Waals surface area contributed by atoms with Crippen LogP contribution in [-0.2, 0) is 28.6 Å². The van der Waals surface area contributed by atoms with Crippen molar-refractivity contribution in [3.63, 3.8) is 0 Å². The summed E-state index contributed by atoms with van der Waals surface area (Å²) in [5, 5.41) is 0. The molecule has 0 bridgehead atoms. The lowest BCUT2D eigenvalue weighted by molar-refractivity contribution is -0.167. The topological polar surface area (TPSA) is 78.9 Å². The zero-order valence-corrected chi connectivity index (χ0v) is 41.7. The first-order chi connectivity index (χ1) is 30.5. The maximum Gasteiger partial charge on any atom is 0.306 e. The van der Waals surface area contributed by atoms with E-state index < -0.39 is 6.10 Å². The SMILES string of the molecule is CCC/C=C\CCCCCCCC(=O)OCC(COC(=O)CCCCCCCCC/C=C\CCCCCCCC)OC(=O)CCCCCCCCCCCCCCCCCCC. The fourth-order valence-electron chi connectivity index (χ4n) is 8.03. The zero-order valence-electron chi connectivity index (χ0n) is 41.7. The lowest BCUT2D eigenvalue weighted by atomic mass is 10.0. The van der Waals surface area contributed by atoms with Gasteiger partial charge >= 0.3 is 17.9 Å². The van der Waals surface area contributed by atoms with Crippen LogP contribution in [0.4, 0.5) is 0 Å². The standard InChI is InChI=1S/C56H104O6/c1-4-7-10-13-16-19-22-24-26-28-30-32-34-37-40-43-46-49-55(58)61-52-53(51-60-54(57)48-45-42-39-36-21-18-15-12-9-6-3)62-56(59)50-47-44-41-38-35-33-31-29-27-25-23-20-17-14-11-8-5-2/h12,15,24,26,53H,4-11,13-14,16-23,25,27-52H2,1-3H3/b15-12-,26-24-. The van der Waals surface area contributed by atoms with Gasteiger partial charge in [-0.1, -0.05) is 238 Å². The lowest BCUT2D eigenvalue weighted by Crippen LogP contribution is -2.30. The second kappa shape index (κ2) is 51.5. The van der Waals surface area contributed by atoms with Gasteiger partial charge in [-0.05, 0) is 64.2 Å². The molecule has 0 N–H and O–H groups in total. The van der Waals surface area contributed by atoms with Crippen LogP contribution in [0.2, 0.25) is 0 Å².